The number of likely N-dealkylation sites (N-methyl/N-ethyl adjacent to an activating group) is 1. The predicted molar refractivity (Wildman–Crippen MR) is 97.8 cm³/mol. The molecule has 1 atom stereocenters. The number of aromatic hydroxyl groups is 1. The molecule has 0 bridgehead atoms. The third-order valence-corrected chi connectivity index (χ3v) is 3.88. The molecule has 0 aromatic heterocycles. The second-order valence-electron chi connectivity index (χ2n) is 5.98. The first kappa shape index (κ1) is 17.8. The maximum atomic E-state index is 12.0. The van der Waals surface area contributed by atoms with Crippen LogP contribution in [0.4, 0.5) is 0 Å². The monoisotopic (exact) mass is 324 g/mol. The van der Waals surface area contributed by atoms with Crippen molar-refractivity contribution < 1.29 is 9.90 Å². The van der Waals surface area contributed by atoms with Crippen molar-refractivity contribution in [3.8, 4) is 5.75 Å². The van der Waals surface area contributed by atoms with Crippen LogP contribution in [0, 0.1) is 0 Å². The Morgan fingerprint density at radius 3 is 2.42 bits per heavy atom. The number of phenolic OH excluding ortho intramolecular Hbond substituents is 1. The molecule has 0 aliphatic rings. The van der Waals surface area contributed by atoms with Crippen molar-refractivity contribution in [3.05, 3.63) is 71.8 Å². The molecule has 2 aromatic rings. The van der Waals surface area contributed by atoms with Gasteiger partial charge in [0, 0.05) is 18.7 Å². The van der Waals surface area contributed by atoms with Gasteiger partial charge in [-0.3, -0.25) is 4.79 Å². The highest BCUT2D eigenvalue weighted by Gasteiger charge is 2.13. The van der Waals surface area contributed by atoms with Crippen LogP contribution >= 0.6 is 0 Å². The van der Waals surface area contributed by atoms with Crippen molar-refractivity contribution in [1.29, 1.82) is 0 Å². The first-order valence-electron chi connectivity index (χ1n) is 8.00. The maximum Gasteiger partial charge on any atom is 0.244 e. The zero-order chi connectivity index (χ0) is 17.4. The van der Waals surface area contributed by atoms with E-state index in [1.165, 1.54) is 0 Å². The van der Waals surface area contributed by atoms with Crippen LogP contribution in [0.5, 0.6) is 5.75 Å². The number of nitrogens with zero attached hydrogens (tertiary/aromatic N) is 1. The van der Waals surface area contributed by atoms with E-state index in [1.807, 2.05) is 56.6 Å². The van der Waals surface area contributed by atoms with Gasteiger partial charge in [-0.05, 0) is 49.9 Å². The minimum absolute atomic E-state index is 0.101. The molecule has 2 aromatic carbocycles. The second-order valence-corrected chi connectivity index (χ2v) is 5.98. The topological polar surface area (TPSA) is 52.6 Å². The molecule has 2 N–H and O–H groups in total. The van der Waals surface area contributed by atoms with E-state index in [1.54, 1.807) is 24.3 Å². The molecule has 0 aliphatic heterocycles. The van der Waals surface area contributed by atoms with Gasteiger partial charge in [-0.1, -0.05) is 42.5 Å². The van der Waals surface area contributed by atoms with Crippen LogP contribution < -0.4 is 5.32 Å². The third kappa shape index (κ3) is 5.89. The summed E-state index contributed by atoms with van der Waals surface area (Å²) in [6, 6.07) is 17.1. The lowest BCUT2D eigenvalue weighted by Gasteiger charge is -2.24. The summed E-state index contributed by atoms with van der Waals surface area (Å²) in [5, 5.41) is 12.3. The number of phenols is 1. The summed E-state index contributed by atoms with van der Waals surface area (Å²) in [5.41, 5.74) is 2.13. The van der Waals surface area contributed by atoms with E-state index >= 15 is 0 Å². The Hall–Kier alpha value is -2.59. The Labute approximate surface area is 143 Å². The fourth-order valence-corrected chi connectivity index (χ4v) is 2.35. The molecular formula is C20H24N2O2. The number of amides is 1. The van der Waals surface area contributed by atoms with Crippen LogP contribution in [0.25, 0.3) is 6.08 Å². The quantitative estimate of drug-likeness (QED) is 0.770. The molecule has 4 heteroatoms. The van der Waals surface area contributed by atoms with E-state index < -0.39 is 0 Å². The molecule has 0 saturated carbocycles. The molecular weight excluding hydrogens is 300 g/mol. The molecule has 0 unspecified atom stereocenters. The highest BCUT2D eigenvalue weighted by molar-refractivity contribution is 5.91. The van der Waals surface area contributed by atoms with E-state index in [-0.39, 0.29) is 17.7 Å². The summed E-state index contributed by atoms with van der Waals surface area (Å²) in [7, 11) is 3.99. The van der Waals surface area contributed by atoms with Gasteiger partial charge >= 0.3 is 0 Å². The normalized spacial score (nSPS) is 12.5. The SMILES string of the molecule is CN(C)[C@H](CNC(=O)C=Cc1ccccc1)Cc1ccc(O)cc1. The molecule has 2 rings (SSSR count). The first-order valence-corrected chi connectivity index (χ1v) is 8.00. The lowest BCUT2D eigenvalue weighted by molar-refractivity contribution is -0.116. The van der Waals surface area contributed by atoms with Gasteiger partial charge < -0.3 is 15.3 Å². The van der Waals surface area contributed by atoms with Crippen molar-refractivity contribution >= 4 is 12.0 Å². The van der Waals surface area contributed by atoms with Crippen LogP contribution in [-0.2, 0) is 11.2 Å². The average Bonchev–Trinajstić information content (AvgIpc) is 2.59. The fraction of sp³-hybridized carbons (Fsp3) is 0.250. The number of carbonyl (C=O) groups excluding carboxylic acids is 1. The summed E-state index contributed by atoms with van der Waals surface area (Å²) >= 11 is 0. The van der Waals surface area contributed by atoms with Crippen molar-refractivity contribution in [2.24, 2.45) is 0 Å². The van der Waals surface area contributed by atoms with Crippen molar-refractivity contribution in [2.75, 3.05) is 20.6 Å². The van der Waals surface area contributed by atoms with Gasteiger partial charge in [0.05, 0.1) is 0 Å². The zero-order valence-electron chi connectivity index (χ0n) is 14.1. The molecule has 0 heterocycles. The highest BCUT2D eigenvalue weighted by atomic mass is 16.3. The standard InChI is InChI=1S/C20H24N2O2/c1-22(2)18(14-17-8-11-19(23)12-9-17)15-21-20(24)13-10-16-6-4-3-5-7-16/h3-13,18,23H,14-15H2,1-2H3,(H,21,24)/t18-/m0/s1. The van der Waals surface area contributed by atoms with Crippen LogP contribution in [0.2, 0.25) is 0 Å². The van der Waals surface area contributed by atoms with Gasteiger partial charge in [-0.25, -0.2) is 0 Å². The Morgan fingerprint density at radius 1 is 1.12 bits per heavy atom. The largest absolute Gasteiger partial charge is 0.508 e. The summed E-state index contributed by atoms with van der Waals surface area (Å²) in [4.78, 5) is 14.1. The summed E-state index contributed by atoms with van der Waals surface area (Å²) in [6.07, 6.45) is 4.17. The van der Waals surface area contributed by atoms with Crippen molar-refractivity contribution in [2.45, 2.75) is 12.5 Å². The molecule has 24 heavy (non-hydrogen) atoms. The summed E-state index contributed by atoms with van der Waals surface area (Å²) < 4.78 is 0. The average molecular weight is 324 g/mol. The number of hydrogen-bond donors (Lipinski definition) is 2. The molecule has 0 aliphatic carbocycles. The van der Waals surface area contributed by atoms with Crippen LogP contribution in [-0.4, -0.2) is 42.6 Å². The number of benzene rings is 2. The molecule has 4 nitrogen and oxygen atoms in total. The highest BCUT2D eigenvalue weighted by Crippen LogP contribution is 2.12. The van der Waals surface area contributed by atoms with E-state index in [9.17, 15) is 9.90 Å². The minimum atomic E-state index is -0.101. The van der Waals surface area contributed by atoms with Crippen LogP contribution in [0.3, 0.4) is 0 Å². The molecule has 126 valence electrons. The molecule has 0 radical (unpaired) electrons. The van der Waals surface area contributed by atoms with Gasteiger partial charge in [-0.15, -0.1) is 0 Å². The zero-order valence-corrected chi connectivity index (χ0v) is 14.1. The van der Waals surface area contributed by atoms with Gasteiger partial charge in [0.2, 0.25) is 5.91 Å². The first-order chi connectivity index (χ1) is 11.5. The van der Waals surface area contributed by atoms with Crippen LogP contribution in [0.1, 0.15) is 11.1 Å². The number of carbonyl (C=O) groups is 1. The lowest BCUT2D eigenvalue weighted by atomic mass is 10.0. The van der Waals surface area contributed by atoms with E-state index in [0.717, 1.165) is 17.5 Å². The van der Waals surface area contributed by atoms with Gasteiger partial charge in [-0.2, -0.15) is 0 Å². The Bertz CT molecular complexity index is 664. The third-order valence-electron chi connectivity index (χ3n) is 3.88. The number of hydrogen-bond acceptors (Lipinski definition) is 3. The lowest BCUT2D eigenvalue weighted by Crippen LogP contribution is -2.41. The number of rotatable bonds is 7. The minimum Gasteiger partial charge on any atom is -0.508 e. The maximum absolute atomic E-state index is 12.0. The predicted octanol–water partition coefficient (Wildman–Crippen LogP) is 2.69. The van der Waals surface area contributed by atoms with Crippen molar-refractivity contribution in [1.82, 2.24) is 10.2 Å². The van der Waals surface area contributed by atoms with E-state index in [2.05, 4.69) is 10.2 Å². The second kappa shape index (κ2) is 8.89. The van der Waals surface area contributed by atoms with Crippen LogP contribution in [0.15, 0.2) is 60.7 Å². The van der Waals surface area contributed by atoms with Crippen molar-refractivity contribution in [3.63, 3.8) is 0 Å². The molecule has 0 saturated heterocycles. The number of nitrogens with one attached hydrogen (secondary N) is 1. The summed E-state index contributed by atoms with van der Waals surface area (Å²) in [6.45, 7) is 0.561. The van der Waals surface area contributed by atoms with E-state index in [0.29, 0.717) is 6.54 Å². The Morgan fingerprint density at radius 2 is 1.79 bits per heavy atom. The smallest absolute Gasteiger partial charge is 0.244 e. The Kier molecular flexibility index (Phi) is 6.58. The molecule has 1 amide bonds. The van der Waals surface area contributed by atoms with Gasteiger partial charge in [0.25, 0.3) is 0 Å². The van der Waals surface area contributed by atoms with Gasteiger partial charge in [0.15, 0.2) is 0 Å². The summed E-state index contributed by atoms with van der Waals surface area (Å²) in [5.74, 6) is 0.163. The molecule has 0 spiro atoms. The van der Waals surface area contributed by atoms with Gasteiger partial charge in [0.1, 0.15) is 5.75 Å². The van der Waals surface area contributed by atoms with E-state index in [4.69, 9.17) is 0 Å². The Balaban J connectivity index is 1.87. The fourth-order valence-electron chi connectivity index (χ4n) is 2.35. The molecule has 0 fully saturated rings.